The van der Waals surface area contributed by atoms with Crippen LogP contribution >= 0.6 is 0 Å². The molecule has 0 bridgehead atoms. The molecule has 0 amide bonds. The van der Waals surface area contributed by atoms with Gasteiger partial charge in [-0.3, -0.25) is 4.79 Å². The summed E-state index contributed by atoms with van der Waals surface area (Å²) in [4.78, 5) is 12.5. The van der Waals surface area contributed by atoms with Crippen LogP contribution in [-0.2, 0) is 10.4 Å². The molecule has 8 nitrogen and oxygen atoms in total. The summed E-state index contributed by atoms with van der Waals surface area (Å²) in [6, 6.07) is 7.59. The number of benzene rings is 2. The summed E-state index contributed by atoms with van der Waals surface area (Å²) in [7, 11) is -5.03. The number of rotatable bonds is 3. The van der Waals surface area contributed by atoms with Crippen LogP contribution < -0.4 is 39.2 Å². The Bertz CT molecular complexity index is 1090. The SMILES string of the molecule is O=c1c(-c2ccc(O)cc2)coc2cc(OS(=O)(=O)[O-])cc(O)c12.[Na+]. The van der Waals surface area contributed by atoms with E-state index in [0.29, 0.717) is 5.56 Å². The van der Waals surface area contributed by atoms with Crippen LogP contribution in [0.25, 0.3) is 22.1 Å². The number of phenols is 2. The Hall–Kier alpha value is -2.04. The molecule has 25 heavy (non-hydrogen) atoms. The fraction of sp³-hybridized carbons (Fsp3) is 0. The fourth-order valence-corrected chi connectivity index (χ4v) is 2.55. The third-order valence-electron chi connectivity index (χ3n) is 3.21. The van der Waals surface area contributed by atoms with Gasteiger partial charge in [0.25, 0.3) is 10.4 Å². The molecule has 0 aliphatic heterocycles. The molecule has 2 N–H and O–H groups in total. The van der Waals surface area contributed by atoms with Crippen molar-refractivity contribution < 1.29 is 61.3 Å². The molecule has 0 saturated carbocycles. The molecule has 0 spiro atoms. The van der Waals surface area contributed by atoms with Gasteiger partial charge in [-0.1, -0.05) is 12.1 Å². The number of aromatic hydroxyl groups is 2. The largest absolute Gasteiger partial charge is 1.00 e. The van der Waals surface area contributed by atoms with Crippen molar-refractivity contribution in [2.75, 3.05) is 0 Å². The van der Waals surface area contributed by atoms with Crippen LogP contribution in [0.3, 0.4) is 0 Å². The first kappa shape index (κ1) is 19.3. The maximum absolute atomic E-state index is 12.5. The third-order valence-corrected chi connectivity index (χ3v) is 3.60. The Kier molecular flexibility index (Phi) is 5.45. The van der Waals surface area contributed by atoms with Gasteiger partial charge in [-0.05, 0) is 17.7 Å². The van der Waals surface area contributed by atoms with E-state index in [2.05, 4.69) is 4.18 Å². The molecule has 3 aromatic rings. The molecule has 0 radical (unpaired) electrons. The summed E-state index contributed by atoms with van der Waals surface area (Å²) in [5.74, 6) is -1.05. The van der Waals surface area contributed by atoms with E-state index in [1.54, 1.807) is 0 Å². The molecular formula is C15H9NaO8S. The van der Waals surface area contributed by atoms with Gasteiger partial charge < -0.3 is 23.4 Å². The van der Waals surface area contributed by atoms with Crippen LogP contribution in [0.5, 0.6) is 17.2 Å². The number of hydrogen-bond donors (Lipinski definition) is 2. The Morgan fingerprint density at radius 3 is 2.32 bits per heavy atom. The van der Waals surface area contributed by atoms with Crippen molar-refractivity contribution in [2.24, 2.45) is 0 Å². The molecule has 10 heteroatoms. The first-order chi connectivity index (χ1) is 11.2. The van der Waals surface area contributed by atoms with Gasteiger partial charge in [-0.2, -0.15) is 0 Å². The molecule has 2 aromatic carbocycles. The molecule has 124 valence electrons. The Morgan fingerprint density at radius 1 is 1.08 bits per heavy atom. The van der Waals surface area contributed by atoms with Gasteiger partial charge in [0.15, 0.2) is 0 Å². The first-order valence-corrected chi connectivity index (χ1v) is 7.81. The van der Waals surface area contributed by atoms with E-state index in [9.17, 15) is 28.0 Å². The third kappa shape index (κ3) is 4.14. The van der Waals surface area contributed by atoms with E-state index in [-0.39, 0.29) is 51.8 Å². The standard InChI is InChI=1S/C15H10O8S.Na/c16-9-3-1-8(2-4-9)11-7-22-13-6-10(23-24(19,20)21)5-12(17)14(13)15(11)18;/h1-7,16-17H,(H,19,20,21);/q;+1/p-1. The minimum Gasteiger partial charge on any atom is -0.716 e. The maximum Gasteiger partial charge on any atom is 1.00 e. The second kappa shape index (κ2) is 7.06. The quantitative estimate of drug-likeness (QED) is 0.329. The van der Waals surface area contributed by atoms with E-state index in [0.717, 1.165) is 18.4 Å². The monoisotopic (exact) mass is 372 g/mol. The van der Waals surface area contributed by atoms with E-state index in [4.69, 9.17) is 4.42 Å². The predicted molar refractivity (Wildman–Crippen MR) is 81.6 cm³/mol. The van der Waals surface area contributed by atoms with Gasteiger partial charge in [0, 0.05) is 12.1 Å². The van der Waals surface area contributed by atoms with Crippen molar-refractivity contribution in [3.8, 4) is 28.4 Å². The van der Waals surface area contributed by atoms with E-state index in [1.807, 2.05) is 0 Å². The molecule has 0 saturated heterocycles. The van der Waals surface area contributed by atoms with Gasteiger partial charge in [0.2, 0.25) is 5.43 Å². The summed E-state index contributed by atoms with van der Waals surface area (Å²) < 4.78 is 41.2. The van der Waals surface area contributed by atoms with Crippen LogP contribution in [0.1, 0.15) is 0 Å². The molecule has 1 aromatic heterocycles. The molecule has 0 unspecified atom stereocenters. The first-order valence-electron chi connectivity index (χ1n) is 6.48. The summed E-state index contributed by atoms with van der Waals surface area (Å²) >= 11 is 0. The van der Waals surface area contributed by atoms with E-state index in [1.165, 1.54) is 24.3 Å². The van der Waals surface area contributed by atoms with Crippen molar-refractivity contribution in [1.29, 1.82) is 0 Å². The fourth-order valence-electron chi connectivity index (χ4n) is 2.21. The van der Waals surface area contributed by atoms with Crippen LogP contribution in [0.15, 0.2) is 51.9 Å². The van der Waals surface area contributed by atoms with Crippen molar-refractivity contribution >= 4 is 21.4 Å². The minimum atomic E-state index is -5.03. The summed E-state index contributed by atoms with van der Waals surface area (Å²) in [5.41, 5.74) is -0.148. The summed E-state index contributed by atoms with van der Waals surface area (Å²) in [6.07, 6.45) is 1.12. The topological polar surface area (TPSA) is 137 Å². The van der Waals surface area contributed by atoms with Crippen LogP contribution in [0.4, 0.5) is 0 Å². The molecular weight excluding hydrogens is 363 g/mol. The molecule has 3 rings (SSSR count). The van der Waals surface area contributed by atoms with Crippen molar-refractivity contribution in [1.82, 2.24) is 0 Å². The van der Waals surface area contributed by atoms with E-state index < -0.39 is 27.3 Å². The van der Waals surface area contributed by atoms with E-state index >= 15 is 0 Å². The number of hydrogen-bond acceptors (Lipinski definition) is 8. The van der Waals surface area contributed by atoms with Gasteiger partial charge in [-0.15, -0.1) is 0 Å². The Morgan fingerprint density at radius 2 is 1.72 bits per heavy atom. The maximum atomic E-state index is 12.5. The second-order valence-electron chi connectivity index (χ2n) is 4.83. The van der Waals surface area contributed by atoms with Crippen LogP contribution in [0, 0.1) is 0 Å². The van der Waals surface area contributed by atoms with Gasteiger partial charge in [-0.25, -0.2) is 8.42 Å². The summed E-state index contributed by atoms with van der Waals surface area (Å²) in [5, 5.41) is 19.1. The molecule has 1 heterocycles. The zero-order valence-electron chi connectivity index (χ0n) is 12.8. The van der Waals surface area contributed by atoms with Gasteiger partial charge >= 0.3 is 29.6 Å². The van der Waals surface area contributed by atoms with Crippen molar-refractivity contribution in [2.45, 2.75) is 0 Å². The molecule has 0 atom stereocenters. The average molecular weight is 372 g/mol. The smallest absolute Gasteiger partial charge is 0.716 e. The summed E-state index contributed by atoms with van der Waals surface area (Å²) in [6.45, 7) is 0. The molecule has 0 fully saturated rings. The van der Waals surface area contributed by atoms with Gasteiger partial charge in [0.05, 0.1) is 5.56 Å². The second-order valence-corrected chi connectivity index (χ2v) is 5.82. The average Bonchev–Trinajstić information content (AvgIpc) is 2.46. The number of fused-ring (bicyclic) bond motifs is 1. The van der Waals surface area contributed by atoms with Crippen molar-refractivity contribution in [3.63, 3.8) is 0 Å². The zero-order chi connectivity index (χ0) is 17.5. The number of phenolic OH excluding ortho intramolecular Hbond substituents is 2. The van der Waals surface area contributed by atoms with Gasteiger partial charge in [0.1, 0.15) is 34.5 Å². The Labute approximate surface area is 163 Å². The minimum absolute atomic E-state index is 0. The normalized spacial score (nSPS) is 11.1. The van der Waals surface area contributed by atoms with Crippen LogP contribution in [0.2, 0.25) is 0 Å². The van der Waals surface area contributed by atoms with Crippen LogP contribution in [-0.4, -0.2) is 23.2 Å². The molecule has 0 aliphatic carbocycles. The van der Waals surface area contributed by atoms with Crippen molar-refractivity contribution in [3.05, 3.63) is 52.9 Å². The molecule has 0 aliphatic rings. The Balaban J connectivity index is 0.00000225. The predicted octanol–water partition coefficient (Wildman–Crippen LogP) is -1.29. The zero-order valence-corrected chi connectivity index (χ0v) is 15.6.